The minimum absolute atomic E-state index is 0.731. The molecule has 0 aliphatic heterocycles. The molecule has 0 bridgehead atoms. The highest BCUT2D eigenvalue weighted by atomic mass is 15.2. The average molecular weight is 220 g/mol. The fraction of sp³-hybridized carbons (Fsp3) is 0.583. The van der Waals surface area contributed by atoms with E-state index in [1.807, 2.05) is 12.1 Å². The Balaban J connectivity index is 1.86. The Kier molecular flexibility index (Phi) is 3.74. The molecule has 0 saturated heterocycles. The van der Waals surface area contributed by atoms with Gasteiger partial charge in [0.1, 0.15) is 5.82 Å². The summed E-state index contributed by atoms with van der Waals surface area (Å²) < 4.78 is 0. The molecule has 2 rings (SSSR count). The molecule has 3 N–H and O–H groups in total. The third-order valence-corrected chi connectivity index (χ3v) is 3.22. The van der Waals surface area contributed by atoms with Crippen molar-refractivity contribution >= 4 is 5.82 Å². The summed E-state index contributed by atoms with van der Waals surface area (Å²) in [5.74, 6) is 6.98. The van der Waals surface area contributed by atoms with E-state index in [1.165, 1.54) is 31.4 Å². The van der Waals surface area contributed by atoms with Crippen LogP contribution < -0.4 is 11.3 Å². The Hall–Kier alpha value is -1.13. The van der Waals surface area contributed by atoms with Crippen molar-refractivity contribution in [2.24, 2.45) is 11.8 Å². The van der Waals surface area contributed by atoms with Crippen molar-refractivity contribution in [3.8, 4) is 0 Å². The van der Waals surface area contributed by atoms with Crippen LogP contribution in [0.2, 0.25) is 0 Å². The summed E-state index contributed by atoms with van der Waals surface area (Å²) in [4.78, 5) is 6.47. The SMILES string of the molecule is CN(Cc1ccnc(NN)c1)CC1CCC1. The molecule has 88 valence electrons. The van der Waals surface area contributed by atoms with Gasteiger partial charge < -0.3 is 10.3 Å². The maximum atomic E-state index is 5.33. The quantitative estimate of drug-likeness (QED) is 0.584. The van der Waals surface area contributed by atoms with Gasteiger partial charge in [0.05, 0.1) is 0 Å². The van der Waals surface area contributed by atoms with Gasteiger partial charge in [0.25, 0.3) is 0 Å². The lowest BCUT2D eigenvalue weighted by atomic mass is 9.85. The molecule has 1 aromatic heterocycles. The second-order valence-corrected chi connectivity index (χ2v) is 4.69. The van der Waals surface area contributed by atoms with Gasteiger partial charge in [-0.1, -0.05) is 6.42 Å². The van der Waals surface area contributed by atoms with Crippen LogP contribution in [0.15, 0.2) is 18.3 Å². The summed E-state index contributed by atoms with van der Waals surface area (Å²) in [6.45, 7) is 2.17. The number of rotatable bonds is 5. The molecule has 1 aliphatic carbocycles. The van der Waals surface area contributed by atoms with Crippen LogP contribution >= 0.6 is 0 Å². The van der Waals surface area contributed by atoms with Gasteiger partial charge in [0.2, 0.25) is 0 Å². The Labute approximate surface area is 96.8 Å². The highest BCUT2D eigenvalue weighted by Crippen LogP contribution is 2.27. The van der Waals surface area contributed by atoms with Gasteiger partial charge in [-0.05, 0) is 43.5 Å². The number of nitrogens with zero attached hydrogens (tertiary/aromatic N) is 2. The number of nitrogen functional groups attached to an aromatic ring is 1. The zero-order valence-electron chi connectivity index (χ0n) is 9.82. The Bertz CT molecular complexity index is 336. The van der Waals surface area contributed by atoms with E-state index in [2.05, 4.69) is 22.4 Å². The zero-order chi connectivity index (χ0) is 11.4. The summed E-state index contributed by atoms with van der Waals surface area (Å²) in [6, 6.07) is 4.04. The van der Waals surface area contributed by atoms with Crippen LogP contribution in [0.3, 0.4) is 0 Å². The lowest BCUT2D eigenvalue weighted by Gasteiger charge is -2.30. The van der Waals surface area contributed by atoms with Crippen LogP contribution in [0.25, 0.3) is 0 Å². The maximum Gasteiger partial charge on any atom is 0.140 e. The second kappa shape index (κ2) is 5.27. The second-order valence-electron chi connectivity index (χ2n) is 4.69. The zero-order valence-corrected chi connectivity index (χ0v) is 9.82. The molecular formula is C12H20N4. The molecule has 4 nitrogen and oxygen atoms in total. The third-order valence-electron chi connectivity index (χ3n) is 3.22. The van der Waals surface area contributed by atoms with E-state index in [0.29, 0.717) is 0 Å². The summed E-state index contributed by atoms with van der Waals surface area (Å²) in [5, 5.41) is 0. The van der Waals surface area contributed by atoms with Crippen LogP contribution in [-0.2, 0) is 6.54 Å². The van der Waals surface area contributed by atoms with Crippen LogP contribution in [-0.4, -0.2) is 23.5 Å². The molecule has 1 aliphatic rings. The van der Waals surface area contributed by atoms with Crippen molar-refractivity contribution < 1.29 is 0 Å². The first-order valence-corrected chi connectivity index (χ1v) is 5.88. The van der Waals surface area contributed by atoms with Gasteiger partial charge in [-0.2, -0.15) is 0 Å². The predicted octanol–water partition coefficient (Wildman–Crippen LogP) is 1.60. The van der Waals surface area contributed by atoms with E-state index in [9.17, 15) is 0 Å². The molecule has 0 unspecified atom stereocenters. The molecular weight excluding hydrogens is 200 g/mol. The van der Waals surface area contributed by atoms with Crippen molar-refractivity contribution in [3.63, 3.8) is 0 Å². The fourth-order valence-corrected chi connectivity index (χ4v) is 2.14. The van der Waals surface area contributed by atoms with Gasteiger partial charge in [0.15, 0.2) is 0 Å². The Morgan fingerprint density at radius 3 is 3.00 bits per heavy atom. The minimum atomic E-state index is 0.731. The van der Waals surface area contributed by atoms with E-state index in [4.69, 9.17) is 5.84 Å². The molecule has 1 fully saturated rings. The van der Waals surface area contributed by atoms with Crippen LogP contribution in [0, 0.1) is 5.92 Å². The van der Waals surface area contributed by atoms with Crippen LogP contribution in [0.4, 0.5) is 5.82 Å². The summed E-state index contributed by atoms with van der Waals surface area (Å²) in [6.07, 6.45) is 6.00. The van der Waals surface area contributed by atoms with Gasteiger partial charge in [-0.15, -0.1) is 0 Å². The molecule has 16 heavy (non-hydrogen) atoms. The standard InChI is InChI=1S/C12H20N4/c1-16(8-10-3-2-4-10)9-11-5-6-14-12(7-11)15-13/h5-7,10H,2-4,8-9,13H2,1H3,(H,14,15). The van der Waals surface area contributed by atoms with Crippen molar-refractivity contribution in [2.75, 3.05) is 19.0 Å². The number of nitrogens with one attached hydrogen (secondary N) is 1. The lowest BCUT2D eigenvalue weighted by molar-refractivity contribution is 0.200. The summed E-state index contributed by atoms with van der Waals surface area (Å²) in [5.41, 5.74) is 3.83. The van der Waals surface area contributed by atoms with E-state index in [-0.39, 0.29) is 0 Å². The lowest BCUT2D eigenvalue weighted by Crippen LogP contribution is -2.29. The van der Waals surface area contributed by atoms with E-state index in [0.717, 1.165) is 18.3 Å². The number of hydrogen-bond acceptors (Lipinski definition) is 4. The van der Waals surface area contributed by atoms with Crippen molar-refractivity contribution in [1.82, 2.24) is 9.88 Å². The van der Waals surface area contributed by atoms with E-state index < -0.39 is 0 Å². The first kappa shape index (κ1) is 11.4. The first-order valence-electron chi connectivity index (χ1n) is 5.88. The number of hydrogen-bond donors (Lipinski definition) is 2. The summed E-state index contributed by atoms with van der Waals surface area (Å²) in [7, 11) is 2.17. The molecule has 0 radical (unpaired) electrons. The number of pyridine rings is 1. The van der Waals surface area contributed by atoms with Gasteiger partial charge >= 0.3 is 0 Å². The largest absolute Gasteiger partial charge is 0.308 e. The number of nitrogens with two attached hydrogens (primary N) is 1. The number of aromatic nitrogens is 1. The highest BCUT2D eigenvalue weighted by Gasteiger charge is 2.18. The molecule has 1 aromatic rings. The Morgan fingerprint density at radius 1 is 1.56 bits per heavy atom. The maximum absolute atomic E-state index is 5.33. The van der Waals surface area contributed by atoms with Crippen molar-refractivity contribution in [2.45, 2.75) is 25.8 Å². The highest BCUT2D eigenvalue weighted by molar-refractivity contribution is 5.35. The van der Waals surface area contributed by atoms with E-state index >= 15 is 0 Å². The van der Waals surface area contributed by atoms with Gasteiger partial charge in [0, 0.05) is 19.3 Å². The smallest absolute Gasteiger partial charge is 0.140 e. The first-order chi connectivity index (χ1) is 7.78. The predicted molar refractivity (Wildman–Crippen MR) is 65.7 cm³/mol. The Morgan fingerprint density at radius 2 is 2.38 bits per heavy atom. The molecule has 1 saturated carbocycles. The molecule has 0 spiro atoms. The van der Waals surface area contributed by atoms with Crippen molar-refractivity contribution in [3.05, 3.63) is 23.9 Å². The number of anilines is 1. The monoisotopic (exact) mass is 220 g/mol. The molecule has 1 heterocycles. The van der Waals surface area contributed by atoms with Gasteiger partial charge in [-0.25, -0.2) is 10.8 Å². The normalized spacial score (nSPS) is 16.2. The van der Waals surface area contributed by atoms with Gasteiger partial charge in [-0.3, -0.25) is 0 Å². The molecule has 4 heteroatoms. The fourth-order valence-electron chi connectivity index (χ4n) is 2.14. The van der Waals surface area contributed by atoms with Crippen molar-refractivity contribution in [1.29, 1.82) is 0 Å². The topological polar surface area (TPSA) is 54.2 Å². The summed E-state index contributed by atoms with van der Waals surface area (Å²) >= 11 is 0. The molecule has 0 atom stereocenters. The average Bonchev–Trinajstić information content (AvgIpc) is 2.24. The third kappa shape index (κ3) is 2.93. The molecule has 0 amide bonds. The van der Waals surface area contributed by atoms with Crippen LogP contribution in [0.5, 0.6) is 0 Å². The van der Waals surface area contributed by atoms with E-state index in [1.54, 1.807) is 6.20 Å². The number of hydrazine groups is 1. The minimum Gasteiger partial charge on any atom is -0.308 e. The molecule has 0 aromatic carbocycles. The van der Waals surface area contributed by atoms with Crippen LogP contribution in [0.1, 0.15) is 24.8 Å².